The van der Waals surface area contributed by atoms with E-state index in [4.69, 9.17) is 23.8 Å². The van der Waals surface area contributed by atoms with Crippen molar-refractivity contribution < 1.29 is 9.72 Å². The van der Waals surface area contributed by atoms with Gasteiger partial charge in [-0.2, -0.15) is 0 Å². The number of nitrogens with zero attached hydrogens (tertiary/aromatic N) is 3. The Hall–Kier alpha value is -3.33. The number of anilines is 1. The molecule has 0 saturated heterocycles. The normalized spacial score (nSPS) is 10.6. The Kier molecular flexibility index (Phi) is 5.94. The molecule has 9 heteroatoms. The molecule has 0 unspecified atom stereocenters. The minimum atomic E-state index is -0.456. The van der Waals surface area contributed by atoms with Gasteiger partial charge in [-0.3, -0.25) is 14.9 Å². The van der Waals surface area contributed by atoms with E-state index >= 15 is 0 Å². The number of rotatable bonds is 5. The molecule has 4 aromatic rings. The fourth-order valence-electron chi connectivity index (χ4n) is 3.07. The second-order valence-corrected chi connectivity index (χ2v) is 8.41. The summed E-state index contributed by atoms with van der Waals surface area (Å²) >= 11 is 12.8. The molecule has 0 aliphatic rings. The summed E-state index contributed by atoms with van der Waals surface area (Å²) in [5, 5.41) is 15.0. The van der Waals surface area contributed by atoms with Crippen molar-refractivity contribution in [1.29, 1.82) is 0 Å². The highest BCUT2D eigenvalue weighted by molar-refractivity contribution is 7.73. The van der Waals surface area contributed by atoms with Crippen LogP contribution in [0.15, 0.2) is 84.2 Å². The molecule has 0 aliphatic heterocycles. The van der Waals surface area contributed by atoms with Crippen molar-refractivity contribution in [2.45, 2.75) is 0 Å². The first-order valence-corrected chi connectivity index (χ1v) is 10.7. The van der Waals surface area contributed by atoms with Gasteiger partial charge in [0.25, 0.3) is 11.6 Å². The van der Waals surface area contributed by atoms with Crippen LogP contribution in [0.4, 0.5) is 11.4 Å². The van der Waals surface area contributed by atoms with E-state index in [1.807, 2.05) is 18.2 Å². The lowest BCUT2D eigenvalue weighted by molar-refractivity contribution is -0.384. The van der Waals surface area contributed by atoms with Gasteiger partial charge < -0.3 is 0 Å². The van der Waals surface area contributed by atoms with E-state index in [-0.39, 0.29) is 11.6 Å². The molecular weight excluding hydrogens is 454 g/mol. The average Bonchev–Trinajstić information content (AvgIpc) is 3.16. The van der Waals surface area contributed by atoms with E-state index in [1.165, 1.54) is 28.5 Å². The van der Waals surface area contributed by atoms with Crippen molar-refractivity contribution in [2.75, 3.05) is 5.01 Å². The molecule has 1 heterocycles. The predicted octanol–water partition coefficient (Wildman–Crippen LogP) is 6.62. The molecule has 0 aliphatic carbocycles. The van der Waals surface area contributed by atoms with Crippen molar-refractivity contribution in [2.24, 2.45) is 0 Å². The number of hydrogen-bond acceptors (Lipinski definition) is 5. The number of halogens is 1. The van der Waals surface area contributed by atoms with Crippen LogP contribution in [-0.4, -0.2) is 15.5 Å². The smallest absolute Gasteiger partial charge is 0.267 e. The van der Waals surface area contributed by atoms with E-state index in [1.54, 1.807) is 58.6 Å². The lowest BCUT2D eigenvalue weighted by atomic mass is 10.1. The molecule has 0 spiro atoms. The van der Waals surface area contributed by atoms with Crippen LogP contribution in [0.5, 0.6) is 0 Å². The monoisotopic (exact) mass is 467 g/mol. The van der Waals surface area contributed by atoms with Crippen molar-refractivity contribution >= 4 is 52.4 Å². The third-order valence-electron chi connectivity index (χ3n) is 4.51. The maximum Gasteiger partial charge on any atom is 0.277 e. The molecule has 3 aromatic carbocycles. The Morgan fingerprint density at radius 3 is 2.42 bits per heavy atom. The summed E-state index contributed by atoms with van der Waals surface area (Å²) < 4.78 is 2.03. The van der Waals surface area contributed by atoms with Crippen molar-refractivity contribution in [3.05, 3.63) is 109 Å². The zero-order valence-corrected chi connectivity index (χ0v) is 18.2. The number of benzene rings is 3. The number of thiazole rings is 1. The minimum absolute atomic E-state index is 0.0449. The third-order valence-corrected chi connectivity index (χ3v) is 5.94. The van der Waals surface area contributed by atoms with E-state index in [9.17, 15) is 14.9 Å². The molecule has 154 valence electrons. The maximum atomic E-state index is 13.6. The fraction of sp³-hybridized carbons (Fsp3) is 0. The number of carbonyl (C=O) groups is 1. The molecule has 1 amide bonds. The molecule has 1 aromatic heterocycles. The summed E-state index contributed by atoms with van der Waals surface area (Å²) in [6, 6.07) is 21.9. The zero-order chi connectivity index (χ0) is 22.0. The van der Waals surface area contributed by atoms with Crippen LogP contribution in [0.3, 0.4) is 0 Å². The second-order valence-electron chi connectivity index (χ2n) is 6.47. The predicted molar refractivity (Wildman–Crippen MR) is 125 cm³/mol. The Morgan fingerprint density at radius 2 is 1.74 bits per heavy atom. The van der Waals surface area contributed by atoms with E-state index in [0.29, 0.717) is 31.5 Å². The van der Waals surface area contributed by atoms with E-state index < -0.39 is 4.92 Å². The second kappa shape index (κ2) is 8.81. The standard InChI is InChI=1S/C22H14ClN3O3S2/c23-17-11-9-15(10-12-17)21(27)24(18-6-2-1-3-7-18)25-20(14-31-22(25)30)16-5-4-8-19(13-16)26(28)29/h1-14H. The molecule has 0 N–H and O–H groups in total. The number of nitro groups is 1. The molecule has 0 fully saturated rings. The molecule has 4 rings (SSSR count). The molecule has 0 radical (unpaired) electrons. The van der Waals surface area contributed by atoms with Gasteiger partial charge >= 0.3 is 0 Å². The molecule has 6 nitrogen and oxygen atoms in total. The maximum absolute atomic E-state index is 13.6. The van der Waals surface area contributed by atoms with Crippen LogP contribution in [0.1, 0.15) is 10.4 Å². The molecule has 0 atom stereocenters. The van der Waals surface area contributed by atoms with Crippen molar-refractivity contribution in [1.82, 2.24) is 4.68 Å². The molecule has 0 saturated carbocycles. The molecule has 0 bridgehead atoms. The van der Waals surface area contributed by atoms with Crippen LogP contribution >= 0.6 is 35.2 Å². The van der Waals surface area contributed by atoms with Gasteiger partial charge in [0.15, 0.2) is 3.95 Å². The van der Waals surface area contributed by atoms with Gasteiger partial charge in [0.05, 0.1) is 16.3 Å². The van der Waals surface area contributed by atoms with Gasteiger partial charge in [-0.05, 0) is 48.6 Å². The van der Waals surface area contributed by atoms with Gasteiger partial charge in [-0.25, -0.2) is 9.69 Å². The van der Waals surface area contributed by atoms with E-state index in [2.05, 4.69) is 0 Å². The number of para-hydroxylation sites is 1. The van der Waals surface area contributed by atoms with Gasteiger partial charge in [-0.15, -0.1) is 11.3 Å². The Morgan fingerprint density at radius 1 is 1.03 bits per heavy atom. The first-order chi connectivity index (χ1) is 15.0. The Balaban J connectivity index is 1.91. The number of amides is 1. The highest BCUT2D eigenvalue weighted by Gasteiger charge is 2.24. The van der Waals surface area contributed by atoms with Gasteiger partial charge in [-0.1, -0.05) is 41.9 Å². The van der Waals surface area contributed by atoms with Crippen LogP contribution < -0.4 is 5.01 Å². The SMILES string of the molecule is O=C(c1ccc(Cl)cc1)N(c1ccccc1)n1c(-c2cccc([N+](=O)[O-])c2)csc1=S. The lowest BCUT2D eigenvalue weighted by Gasteiger charge is -2.26. The van der Waals surface area contributed by atoms with Crippen molar-refractivity contribution in [3.63, 3.8) is 0 Å². The number of nitro benzene ring substituents is 1. The topological polar surface area (TPSA) is 68.4 Å². The first kappa shape index (κ1) is 20.9. The van der Waals surface area contributed by atoms with Gasteiger partial charge in [0.1, 0.15) is 0 Å². The number of hydrogen-bond donors (Lipinski definition) is 0. The summed E-state index contributed by atoms with van der Waals surface area (Å²) in [5.41, 5.74) is 2.13. The molecular formula is C22H14ClN3O3S2. The zero-order valence-electron chi connectivity index (χ0n) is 15.8. The van der Waals surface area contributed by atoms with Crippen molar-refractivity contribution in [3.8, 4) is 11.3 Å². The Bertz CT molecular complexity index is 1320. The highest BCUT2D eigenvalue weighted by Crippen LogP contribution is 2.30. The van der Waals surface area contributed by atoms with Crippen LogP contribution in [0.25, 0.3) is 11.3 Å². The quantitative estimate of drug-likeness (QED) is 0.188. The number of aromatic nitrogens is 1. The third kappa shape index (κ3) is 4.27. The number of non-ortho nitro benzene ring substituents is 1. The van der Waals surface area contributed by atoms with E-state index in [0.717, 1.165) is 0 Å². The summed E-state index contributed by atoms with van der Waals surface area (Å²) in [7, 11) is 0. The largest absolute Gasteiger partial charge is 0.277 e. The summed E-state index contributed by atoms with van der Waals surface area (Å²) in [6.07, 6.45) is 0. The fourth-order valence-corrected chi connectivity index (χ4v) is 4.25. The van der Waals surface area contributed by atoms with Crippen LogP contribution in [-0.2, 0) is 0 Å². The first-order valence-electron chi connectivity index (χ1n) is 9.06. The summed E-state index contributed by atoms with van der Waals surface area (Å²) in [5.74, 6) is -0.316. The van der Waals surface area contributed by atoms with Crippen LogP contribution in [0, 0.1) is 14.1 Å². The van der Waals surface area contributed by atoms with Gasteiger partial charge in [0, 0.05) is 33.7 Å². The number of carbonyl (C=O) groups excluding carboxylic acids is 1. The minimum Gasteiger partial charge on any atom is -0.267 e. The highest BCUT2D eigenvalue weighted by atomic mass is 35.5. The summed E-state index contributed by atoms with van der Waals surface area (Å²) in [4.78, 5) is 24.4. The summed E-state index contributed by atoms with van der Waals surface area (Å²) in [6.45, 7) is 0. The average molecular weight is 468 g/mol. The lowest BCUT2D eigenvalue weighted by Crippen LogP contribution is -2.36. The Labute approximate surface area is 191 Å². The van der Waals surface area contributed by atoms with Gasteiger partial charge in [0.2, 0.25) is 0 Å². The van der Waals surface area contributed by atoms with Crippen LogP contribution in [0.2, 0.25) is 5.02 Å². The molecule has 31 heavy (non-hydrogen) atoms.